The Bertz CT molecular complexity index is 1790. The summed E-state index contributed by atoms with van der Waals surface area (Å²) in [4.78, 5) is 102. The van der Waals surface area contributed by atoms with Crippen LogP contribution in [0.3, 0.4) is 0 Å². The van der Waals surface area contributed by atoms with Crippen LogP contribution in [0.15, 0.2) is 71.9 Å². The molecule has 320 valence electrons. The average Bonchev–Trinajstić information content (AvgIpc) is 3.20. The van der Waals surface area contributed by atoms with Crippen molar-refractivity contribution in [3.63, 3.8) is 0 Å². The highest BCUT2D eigenvalue weighted by Gasteiger charge is 2.50. The highest BCUT2D eigenvalue weighted by atomic mass is 16.8. The molecule has 4 aliphatic rings. The van der Waals surface area contributed by atoms with E-state index in [1.54, 1.807) is 41.5 Å². The normalized spacial score (nSPS) is 27.5. The van der Waals surface area contributed by atoms with E-state index in [2.05, 4.69) is 0 Å². The summed E-state index contributed by atoms with van der Waals surface area (Å²) in [6.07, 6.45) is 15.3. The van der Waals surface area contributed by atoms with E-state index in [-0.39, 0.29) is 42.7 Å². The molecule has 4 heterocycles. The second kappa shape index (κ2) is 19.3. The molecule has 4 aliphatic heterocycles. The molecular formula is C43H52O16. The Kier molecular flexibility index (Phi) is 15.0. The van der Waals surface area contributed by atoms with Gasteiger partial charge < -0.3 is 37.9 Å². The van der Waals surface area contributed by atoms with Crippen LogP contribution >= 0.6 is 0 Å². The first-order valence-electron chi connectivity index (χ1n) is 19.9. The summed E-state index contributed by atoms with van der Waals surface area (Å²) in [6.45, 7) is 12.2. The highest BCUT2D eigenvalue weighted by Crippen LogP contribution is 2.38. The van der Waals surface area contributed by atoms with Crippen LogP contribution < -0.4 is 0 Å². The first kappa shape index (κ1) is 45.9. The van der Waals surface area contributed by atoms with Crippen molar-refractivity contribution in [2.75, 3.05) is 0 Å². The lowest BCUT2D eigenvalue weighted by Gasteiger charge is -2.40. The van der Waals surface area contributed by atoms with Crippen molar-refractivity contribution in [3.05, 3.63) is 71.9 Å². The van der Waals surface area contributed by atoms with E-state index in [0.717, 1.165) is 0 Å². The van der Waals surface area contributed by atoms with Crippen molar-refractivity contribution in [1.82, 2.24) is 0 Å². The van der Waals surface area contributed by atoms with Crippen molar-refractivity contribution in [3.8, 4) is 0 Å². The van der Waals surface area contributed by atoms with Crippen LogP contribution in [0.4, 0.5) is 0 Å². The number of esters is 8. The molecule has 0 radical (unpaired) electrons. The summed E-state index contributed by atoms with van der Waals surface area (Å²) >= 11 is 0. The van der Waals surface area contributed by atoms with E-state index in [1.807, 2.05) is 6.92 Å². The van der Waals surface area contributed by atoms with Gasteiger partial charge in [-0.2, -0.15) is 0 Å². The molecule has 0 aliphatic carbocycles. The third kappa shape index (κ3) is 10.6. The summed E-state index contributed by atoms with van der Waals surface area (Å²) in [5.74, 6) is -15.3. The van der Waals surface area contributed by atoms with E-state index < -0.39 is 82.7 Å². The maximum atomic E-state index is 13.0. The third-order valence-electron chi connectivity index (χ3n) is 10.6. The Morgan fingerprint density at radius 3 is 1.08 bits per heavy atom. The molecule has 0 aromatic carbocycles. The van der Waals surface area contributed by atoms with Crippen molar-refractivity contribution >= 4 is 47.8 Å². The minimum absolute atomic E-state index is 0.109. The molecule has 4 rings (SSSR count). The topological polar surface area (TPSA) is 210 Å². The Hall–Kier alpha value is -5.80. The Morgan fingerprint density at radius 1 is 0.441 bits per heavy atom. The highest BCUT2D eigenvalue weighted by molar-refractivity contribution is 6.16. The number of carbonyl (C=O) groups excluding carboxylic acids is 8. The van der Waals surface area contributed by atoms with Gasteiger partial charge >= 0.3 is 47.8 Å². The van der Waals surface area contributed by atoms with Crippen LogP contribution in [0.25, 0.3) is 0 Å². The first-order chi connectivity index (χ1) is 28.0. The number of ether oxygens (including phenoxy) is 8. The summed E-state index contributed by atoms with van der Waals surface area (Å²) in [7, 11) is 0. The molecule has 1 unspecified atom stereocenters. The lowest BCUT2D eigenvalue weighted by molar-refractivity contribution is -0.261. The predicted molar refractivity (Wildman–Crippen MR) is 204 cm³/mol. The molecule has 0 bridgehead atoms. The van der Waals surface area contributed by atoms with E-state index >= 15 is 0 Å². The molecule has 0 aromatic rings. The molecule has 0 amide bonds. The van der Waals surface area contributed by atoms with Gasteiger partial charge in [0.2, 0.25) is 0 Å². The number of hydrogen-bond acceptors (Lipinski definition) is 16. The van der Waals surface area contributed by atoms with Gasteiger partial charge in [-0.3, -0.25) is 19.2 Å². The fourth-order valence-electron chi connectivity index (χ4n) is 6.67. The minimum atomic E-state index is -1.56. The van der Waals surface area contributed by atoms with Crippen molar-refractivity contribution < 1.29 is 76.3 Å². The molecule has 1 atom stereocenters. The van der Waals surface area contributed by atoms with Gasteiger partial charge in [0.05, 0.1) is 0 Å². The first-order valence-corrected chi connectivity index (χ1v) is 19.9. The smallest absolute Gasteiger partial charge is 0.348 e. The van der Waals surface area contributed by atoms with Crippen LogP contribution in [0, 0.1) is 17.8 Å². The van der Waals surface area contributed by atoms with Crippen LogP contribution in [-0.4, -0.2) is 70.9 Å². The lowest BCUT2D eigenvalue weighted by Crippen LogP contribution is -2.50. The largest absolute Gasteiger partial charge is 0.422 e. The van der Waals surface area contributed by atoms with Gasteiger partial charge in [0.1, 0.15) is 11.1 Å². The monoisotopic (exact) mass is 824 g/mol. The molecular weight excluding hydrogens is 772 g/mol. The van der Waals surface area contributed by atoms with Gasteiger partial charge in [-0.15, -0.1) is 0 Å². The molecule has 16 nitrogen and oxygen atoms in total. The van der Waals surface area contributed by atoms with Crippen molar-refractivity contribution in [2.45, 2.75) is 129 Å². The second-order valence-electron chi connectivity index (χ2n) is 14.5. The van der Waals surface area contributed by atoms with Crippen LogP contribution in [0.2, 0.25) is 0 Å². The number of hydrogen-bond donors (Lipinski definition) is 0. The molecule has 0 saturated carbocycles. The van der Waals surface area contributed by atoms with Crippen LogP contribution in [0.1, 0.15) is 106 Å². The maximum Gasteiger partial charge on any atom is 0.348 e. The zero-order valence-corrected chi connectivity index (χ0v) is 34.4. The maximum absolute atomic E-state index is 13.0. The lowest BCUT2D eigenvalue weighted by atomic mass is 9.90. The SMILES string of the molecule is CCC1(CC)OC(=O)C(=C/C=C/C=C/C2C(=O)OC(CC)(CCC(C)CC3(CC)OC(=O)C(/C=C/C=C/C=C4C(=O)OC(CC)(CC)OC4=O)C(=O)O3)OC2=O)C(=O)O1. The second-order valence-corrected chi connectivity index (χ2v) is 14.5. The fourth-order valence-corrected chi connectivity index (χ4v) is 6.67. The minimum Gasteiger partial charge on any atom is -0.422 e. The zero-order chi connectivity index (χ0) is 43.6. The Morgan fingerprint density at radius 2 is 0.763 bits per heavy atom. The summed E-state index contributed by atoms with van der Waals surface area (Å²) in [5, 5.41) is 0. The third-order valence-corrected chi connectivity index (χ3v) is 10.6. The Balaban J connectivity index is 1.29. The summed E-state index contributed by atoms with van der Waals surface area (Å²) < 4.78 is 44.0. The van der Waals surface area contributed by atoms with Crippen molar-refractivity contribution in [2.24, 2.45) is 17.8 Å². The molecule has 0 N–H and O–H groups in total. The van der Waals surface area contributed by atoms with Gasteiger partial charge in [-0.25, -0.2) is 19.2 Å². The molecule has 0 spiro atoms. The zero-order valence-electron chi connectivity index (χ0n) is 34.4. The van der Waals surface area contributed by atoms with E-state index in [0.29, 0.717) is 32.1 Å². The summed E-state index contributed by atoms with van der Waals surface area (Å²) in [6, 6.07) is 0. The average molecular weight is 825 g/mol. The number of carbonyl (C=O) groups is 8. The van der Waals surface area contributed by atoms with E-state index in [4.69, 9.17) is 37.9 Å². The van der Waals surface area contributed by atoms with E-state index in [9.17, 15) is 38.4 Å². The summed E-state index contributed by atoms with van der Waals surface area (Å²) in [5.41, 5.74) is -0.604. The van der Waals surface area contributed by atoms with Gasteiger partial charge in [0.15, 0.2) is 11.8 Å². The number of cyclic esters (lactones) is 8. The van der Waals surface area contributed by atoms with Gasteiger partial charge in [-0.1, -0.05) is 97.1 Å². The molecule has 16 heteroatoms. The van der Waals surface area contributed by atoms with E-state index in [1.165, 1.54) is 60.8 Å². The molecule has 59 heavy (non-hydrogen) atoms. The molecule has 0 aromatic heterocycles. The predicted octanol–water partition coefficient (Wildman–Crippen LogP) is 5.75. The van der Waals surface area contributed by atoms with Crippen molar-refractivity contribution in [1.29, 1.82) is 0 Å². The fraction of sp³-hybridized carbons (Fsp3) is 0.535. The quantitative estimate of drug-likeness (QED) is 0.0427. The standard InChI is InChI=1S/C43H52O16/c1-8-40(9-2)52-32(44)28(33(45)53-40)20-16-14-18-22-30-36(48)56-42(12-5,57-37(30)49)25-24-27(7)26-43(13-6)58-38(50)31(39(51)59-43)23-19-15-17-21-29-34(46)54-41(10-3,11-4)55-35(29)47/h14-23,27,30-31H,8-13,24-26H2,1-7H3/b16-14+,17-15+,22-18+,23-19+. The Labute approximate surface area is 342 Å². The van der Waals surface area contributed by atoms with Gasteiger partial charge in [0, 0.05) is 51.4 Å². The molecule has 4 saturated heterocycles. The van der Waals surface area contributed by atoms with Crippen LogP contribution in [-0.2, 0) is 76.3 Å². The number of rotatable bonds is 17. The van der Waals surface area contributed by atoms with Gasteiger partial charge in [0.25, 0.3) is 23.1 Å². The number of allylic oxidation sites excluding steroid dienone is 8. The van der Waals surface area contributed by atoms with Crippen LogP contribution in [0.5, 0.6) is 0 Å². The van der Waals surface area contributed by atoms with Gasteiger partial charge in [-0.05, 0) is 24.5 Å². The molecule has 4 fully saturated rings.